The Balaban J connectivity index is 2.31. The number of nitrogens with one attached hydrogen (secondary N) is 1. The first-order valence-electron chi connectivity index (χ1n) is 5.89. The first kappa shape index (κ1) is 11.3. The number of hydrogen-bond acceptors (Lipinski definition) is 3. The molecule has 0 spiro atoms. The van der Waals surface area contributed by atoms with Gasteiger partial charge in [0.15, 0.2) is 0 Å². The fourth-order valence-electron chi connectivity index (χ4n) is 2.21. The Bertz CT molecular complexity index is 739. The molecule has 1 aromatic carbocycles. The van der Waals surface area contributed by atoms with E-state index >= 15 is 0 Å². The summed E-state index contributed by atoms with van der Waals surface area (Å²) in [5.74, 6) is -0.243. The molecule has 0 aliphatic heterocycles. The minimum Gasteiger partial charge on any atom is -0.462 e. The van der Waals surface area contributed by atoms with E-state index in [0.717, 1.165) is 21.3 Å². The second-order valence-electron chi connectivity index (χ2n) is 4.15. The Morgan fingerprint density at radius 3 is 2.94 bits per heavy atom. The molecule has 3 rings (SSSR count). The van der Waals surface area contributed by atoms with E-state index in [4.69, 9.17) is 4.74 Å². The number of ether oxygens (including phenoxy) is 1. The highest BCUT2D eigenvalue weighted by molar-refractivity contribution is 7.26. The van der Waals surface area contributed by atoms with Crippen molar-refractivity contribution in [1.82, 2.24) is 4.98 Å². The maximum atomic E-state index is 12.0. The molecule has 2 aromatic heterocycles. The van der Waals surface area contributed by atoms with Crippen molar-refractivity contribution in [3.05, 3.63) is 35.5 Å². The highest BCUT2D eigenvalue weighted by Crippen LogP contribution is 2.37. The number of thiophene rings is 1. The van der Waals surface area contributed by atoms with Crippen LogP contribution in [0.2, 0.25) is 0 Å². The molecular formula is C14H13NO2S. The number of carbonyl (C=O) groups excluding carboxylic acids is 1. The van der Waals surface area contributed by atoms with E-state index in [1.54, 1.807) is 11.3 Å². The number of rotatable bonds is 2. The molecule has 3 nitrogen and oxygen atoms in total. The van der Waals surface area contributed by atoms with Gasteiger partial charge in [-0.15, -0.1) is 11.3 Å². The van der Waals surface area contributed by atoms with Crippen LogP contribution in [0.1, 0.15) is 23.0 Å². The summed E-state index contributed by atoms with van der Waals surface area (Å²) < 4.78 is 7.30. The van der Waals surface area contributed by atoms with Gasteiger partial charge >= 0.3 is 5.97 Å². The first-order valence-corrected chi connectivity index (χ1v) is 6.71. The standard InChI is InChI=1S/C14H13NO2S/c1-3-17-14(16)11-8(2)15-12-9-6-4-5-7-10(9)18-13(11)12/h4-7,15H,3H2,1-2H3. The Labute approximate surface area is 108 Å². The zero-order valence-electron chi connectivity index (χ0n) is 10.2. The second kappa shape index (κ2) is 4.14. The molecule has 4 heteroatoms. The first-order chi connectivity index (χ1) is 8.72. The number of benzene rings is 1. The lowest BCUT2D eigenvalue weighted by molar-refractivity contribution is 0.0528. The molecule has 0 saturated carbocycles. The zero-order valence-corrected chi connectivity index (χ0v) is 11.1. The van der Waals surface area contributed by atoms with E-state index in [9.17, 15) is 4.79 Å². The molecule has 0 saturated heterocycles. The number of hydrogen-bond donors (Lipinski definition) is 1. The van der Waals surface area contributed by atoms with Crippen molar-refractivity contribution in [2.24, 2.45) is 0 Å². The van der Waals surface area contributed by atoms with E-state index < -0.39 is 0 Å². The molecule has 0 aliphatic rings. The fourth-order valence-corrected chi connectivity index (χ4v) is 3.46. The summed E-state index contributed by atoms with van der Waals surface area (Å²) in [7, 11) is 0. The van der Waals surface area contributed by atoms with E-state index in [2.05, 4.69) is 17.1 Å². The van der Waals surface area contributed by atoms with Crippen LogP contribution in [0.3, 0.4) is 0 Å². The summed E-state index contributed by atoms with van der Waals surface area (Å²) in [6.07, 6.45) is 0. The molecule has 1 N–H and O–H groups in total. The molecule has 92 valence electrons. The smallest absolute Gasteiger partial charge is 0.341 e. The predicted octanol–water partition coefficient (Wildman–Crippen LogP) is 3.87. The summed E-state index contributed by atoms with van der Waals surface area (Å²) >= 11 is 1.63. The summed E-state index contributed by atoms with van der Waals surface area (Å²) in [4.78, 5) is 15.3. The quantitative estimate of drug-likeness (QED) is 0.710. The van der Waals surface area contributed by atoms with Crippen molar-refractivity contribution in [2.45, 2.75) is 13.8 Å². The third-order valence-electron chi connectivity index (χ3n) is 2.99. The van der Waals surface area contributed by atoms with E-state index in [1.165, 1.54) is 4.70 Å². The number of aromatic amines is 1. The Hall–Kier alpha value is -1.81. The lowest BCUT2D eigenvalue weighted by Gasteiger charge is -2.00. The molecular weight excluding hydrogens is 246 g/mol. The van der Waals surface area contributed by atoms with Crippen LogP contribution in [0.4, 0.5) is 0 Å². The molecule has 0 fully saturated rings. The van der Waals surface area contributed by atoms with Crippen LogP contribution in [-0.4, -0.2) is 17.6 Å². The third kappa shape index (κ3) is 1.53. The van der Waals surface area contributed by atoms with E-state index in [0.29, 0.717) is 12.2 Å². The molecule has 0 aliphatic carbocycles. The zero-order chi connectivity index (χ0) is 12.7. The van der Waals surface area contributed by atoms with Crippen molar-refractivity contribution in [3.63, 3.8) is 0 Å². The van der Waals surface area contributed by atoms with Crippen LogP contribution in [0.15, 0.2) is 24.3 Å². The van der Waals surface area contributed by atoms with Gasteiger partial charge in [-0.05, 0) is 19.9 Å². The molecule has 3 aromatic rings. The molecule has 0 bridgehead atoms. The number of H-pyrrole nitrogens is 1. The SMILES string of the molecule is CCOC(=O)c1c(C)[nH]c2c1sc1ccccc12. The summed E-state index contributed by atoms with van der Waals surface area (Å²) in [6, 6.07) is 8.15. The van der Waals surface area contributed by atoms with E-state index in [-0.39, 0.29) is 5.97 Å². The molecule has 0 unspecified atom stereocenters. The average Bonchev–Trinajstić information content (AvgIpc) is 2.84. The van der Waals surface area contributed by atoms with Gasteiger partial charge < -0.3 is 9.72 Å². The fraction of sp³-hybridized carbons (Fsp3) is 0.214. The van der Waals surface area contributed by atoms with Gasteiger partial charge in [0.05, 0.1) is 22.4 Å². The van der Waals surface area contributed by atoms with Crippen LogP contribution >= 0.6 is 11.3 Å². The Morgan fingerprint density at radius 2 is 2.17 bits per heavy atom. The second-order valence-corrected chi connectivity index (χ2v) is 5.20. The van der Waals surface area contributed by atoms with Crippen molar-refractivity contribution in [2.75, 3.05) is 6.61 Å². The van der Waals surface area contributed by atoms with Gasteiger partial charge in [0.1, 0.15) is 0 Å². The largest absolute Gasteiger partial charge is 0.462 e. The van der Waals surface area contributed by atoms with Crippen LogP contribution in [0.25, 0.3) is 20.3 Å². The van der Waals surface area contributed by atoms with Gasteiger partial charge in [0.2, 0.25) is 0 Å². The maximum Gasteiger partial charge on any atom is 0.341 e. The monoisotopic (exact) mass is 259 g/mol. The van der Waals surface area contributed by atoms with Crippen molar-refractivity contribution in [1.29, 1.82) is 0 Å². The van der Waals surface area contributed by atoms with Crippen molar-refractivity contribution < 1.29 is 9.53 Å². The summed E-state index contributed by atoms with van der Waals surface area (Å²) in [6.45, 7) is 4.13. The van der Waals surface area contributed by atoms with Gasteiger partial charge in [-0.25, -0.2) is 4.79 Å². The topological polar surface area (TPSA) is 42.1 Å². The normalized spacial score (nSPS) is 11.2. The summed E-state index contributed by atoms with van der Waals surface area (Å²) in [5, 5.41) is 1.16. The maximum absolute atomic E-state index is 12.0. The molecule has 0 amide bonds. The molecule has 0 radical (unpaired) electrons. The van der Waals surface area contributed by atoms with Gasteiger partial charge in [-0.1, -0.05) is 18.2 Å². The third-order valence-corrected chi connectivity index (χ3v) is 4.18. The van der Waals surface area contributed by atoms with Gasteiger partial charge in [-0.3, -0.25) is 0 Å². The Morgan fingerprint density at radius 1 is 1.39 bits per heavy atom. The van der Waals surface area contributed by atoms with Crippen molar-refractivity contribution >= 4 is 37.6 Å². The summed E-state index contributed by atoms with van der Waals surface area (Å²) in [5.41, 5.74) is 2.59. The number of esters is 1. The minimum absolute atomic E-state index is 0.243. The lowest BCUT2D eigenvalue weighted by atomic mass is 10.2. The van der Waals surface area contributed by atoms with E-state index in [1.807, 2.05) is 26.0 Å². The highest BCUT2D eigenvalue weighted by atomic mass is 32.1. The van der Waals surface area contributed by atoms with Gasteiger partial charge in [0, 0.05) is 15.8 Å². The number of aryl methyl sites for hydroxylation is 1. The molecule has 18 heavy (non-hydrogen) atoms. The van der Waals surface area contributed by atoms with Crippen molar-refractivity contribution in [3.8, 4) is 0 Å². The number of carbonyl (C=O) groups is 1. The van der Waals surface area contributed by atoms with Crippen LogP contribution in [0, 0.1) is 6.92 Å². The van der Waals surface area contributed by atoms with Gasteiger partial charge in [0.25, 0.3) is 0 Å². The number of aromatic nitrogens is 1. The van der Waals surface area contributed by atoms with Crippen LogP contribution < -0.4 is 0 Å². The van der Waals surface area contributed by atoms with Crippen LogP contribution in [0.5, 0.6) is 0 Å². The highest BCUT2D eigenvalue weighted by Gasteiger charge is 2.20. The Kier molecular flexibility index (Phi) is 2.59. The number of fused-ring (bicyclic) bond motifs is 3. The molecule has 2 heterocycles. The minimum atomic E-state index is -0.243. The van der Waals surface area contributed by atoms with Crippen LogP contribution in [-0.2, 0) is 4.74 Å². The average molecular weight is 259 g/mol. The van der Waals surface area contributed by atoms with Gasteiger partial charge in [-0.2, -0.15) is 0 Å². The predicted molar refractivity (Wildman–Crippen MR) is 74.4 cm³/mol. The molecule has 0 atom stereocenters. The lowest BCUT2D eigenvalue weighted by Crippen LogP contribution is -2.05.